The van der Waals surface area contributed by atoms with Gasteiger partial charge in [0.15, 0.2) is 0 Å². The molecule has 6 heteroatoms. The van der Waals surface area contributed by atoms with E-state index in [1.807, 2.05) is 0 Å². The minimum absolute atomic E-state index is 0.0424. The third kappa shape index (κ3) is 3.09. The van der Waals surface area contributed by atoms with Crippen LogP contribution in [-0.2, 0) is 4.79 Å². The molecule has 100 valence electrons. The van der Waals surface area contributed by atoms with Gasteiger partial charge < -0.3 is 15.7 Å². The van der Waals surface area contributed by atoms with Crippen molar-refractivity contribution in [2.75, 3.05) is 6.54 Å². The molecule has 1 heterocycles. The van der Waals surface area contributed by atoms with Gasteiger partial charge in [-0.3, -0.25) is 9.59 Å². The number of nitrogens with one attached hydrogen (secondary N) is 2. The van der Waals surface area contributed by atoms with Gasteiger partial charge in [0.1, 0.15) is 6.04 Å². The molecular weight excluding hydrogens is 248 g/mol. The van der Waals surface area contributed by atoms with Crippen LogP contribution in [0.25, 0.3) is 0 Å². The summed E-state index contributed by atoms with van der Waals surface area (Å²) in [6, 6.07) is 5.17. The Bertz CT molecular complexity index is 527. The second-order valence-electron chi connectivity index (χ2n) is 4.35. The van der Waals surface area contributed by atoms with Crippen molar-refractivity contribution in [3.8, 4) is 0 Å². The maximum absolute atomic E-state index is 11.9. The van der Waals surface area contributed by atoms with Gasteiger partial charge >= 0.3 is 5.97 Å². The Hall–Kier alpha value is -2.37. The van der Waals surface area contributed by atoms with Crippen molar-refractivity contribution in [2.45, 2.75) is 18.9 Å². The molecule has 1 saturated heterocycles. The van der Waals surface area contributed by atoms with Gasteiger partial charge in [0, 0.05) is 12.1 Å². The van der Waals surface area contributed by atoms with Crippen LogP contribution in [0, 0.1) is 0 Å². The predicted molar refractivity (Wildman–Crippen MR) is 66.9 cm³/mol. The summed E-state index contributed by atoms with van der Waals surface area (Å²) < 4.78 is 0. The first-order valence-corrected chi connectivity index (χ1v) is 6.00. The molecule has 1 aliphatic heterocycles. The molecule has 3 N–H and O–H groups in total. The van der Waals surface area contributed by atoms with Crippen LogP contribution in [0.5, 0.6) is 0 Å². The van der Waals surface area contributed by atoms with E-state index in [4.69, 9.17) is 5.11 Å². The summed E-state index contributed by atoms with van der Waals surface area (Å²) in [6.07, 6.45) is 1.40. The number of benzene rings is 1. The first-order valence-electron chi connectivity index (χ1n) is 6.00. The molecule has 2 amide bonds. The minimum atomic E-state index is -1.09. The molecule has 1 atom stereocenters. The fraction of sp³-hybridized carbons (Fsp3) is 0.308. The highest BCUT2D eigenvalue weighted by atomic mass is 16.4. The van der Waals surface area contributed by atoms with E-state index in [0.29, 0.717) is 13.0 Å². The van der Waals surface area contributed by atoms with Crippen LogP contribution in [0.4, 0.5) is 0 Å². The standard InChI is InChI=1S/C13H14N2O4/c16-11(15-10-5-2-6-14-12(10)17)8-3-1-4-9(7-8)13(18)19/h1,3-4,7,10H,2,5-6H2,(H,14,17)(H,15,16)(H,18,19)/t10-/m1/s1. The molecule has 0 aromatic heterocycles. The fourth-order valence-corrected chi connectivity index (χ4v) is 1.94. The van der Waals surface area contributed by atoms with E-state index < -0.39 is 17.9 Å². The Morgan fingerprint density at radius 3 is 2.74 bits per heavy atom. The first-order chi connectivity index (χ1) is 9.08. The second kappa shape index (κ2) is 5.51. The summed E-state index contributed by atoms with van der Waals surface area (Å²) in [5, 5.41) is 14.1. The van der Waals surface area contributed by atoms with Crippen LogP contribution in [0.2, 0.25) is 0 Å². The average molecular weight is 262 g/mol. The van der Waals surface area contributed by atoms with Gasteiger partial charge in [-0.15, -0.1) is 0 Å². The van der Waals surface area contributed by atoms with Gasteiger partial charge in [0.2, 0.25) is 5.91 Å². The summed E-state index contributed by atoms with van der Waals surface area (Å²) in [5.41, 5.74) is 0.277. The monoisotopic (exact) mass is 262 g/mol. The molecule has 6 nitrogen and oxygen atoms in total. The molecule has 1 aromatic carbocycles. The Balaban J connectivity index is 2.09. The van der Waals surface area contributed by atoms with Crippen LogP contribution in [0.1, 0.15) is 33.6 Å². The quantitative estimate of drug-likeness (QED) is 0.734. The number of amides is 2. The van der Waals surface area contributed by atoms with Crippen molar-refractivity contribution >= 4 is 17.8 Å². The molecule has 0 aliphatic carbocycles. The average Bonchev–Trinajstić information content (AvgIpc) is 2.41. The van der Waals surface area contributed by atoms with Gasteiger partial charge in [-0.2, -0.15) is 0 Å². The van der Waals surface area contributed by atoms with Crippen molar-refractivity contribution in [1.29, 1.82) is 0 Å². The molecule has 19 heavy (non-hydrogen) atoms. The van der Waals surface area contributed by atoms with Crippen molar-refractivity contribution in [2.24, 2.45) is 0 Å². The second-order valence-corrected chi connectivity index (χ2v) is 4.35. The Morgan fingerprint density at radius 2 is 2.05 bits per heavy atom. The Kier molecular flexibility index (Phi) is 3.79. The lowest BCUT2D eigenvalue weighted by Crippen LogP contribution is -2.50. The Morgan fingerprint density at radius 1 is 1.32 bits per heavy atom. The van der Waals surface area contributed by atoms with E-state index in [-0.39, 0.29) is 17.0 Å². The minimum Gasteiger partial charge on any atom is -0.478 e. The van der Waals surface area contributed by atoms with Gasteiger partial charge in [-0.1, -0.05) is 6.07 Å². The van der Waals surface area contributed by atoms with Crippen molar-refractivity contribution < 1.29 is 19.5 Å². The number of aromatic carboxylic acids is 1. The molecular formula is C13H14N2O4. The number of hydrogen-bond acceptors (Lipinski definition) is 3. The number of rotatable bonds is 3. The molecule has 0 spiro atoms. The SMILES string of the molecule is O=C(O)c1cccc(C(=O)N[C@@H]2CCCNC2=O)c1. The number of carbonyl (C=O) groups is 3. The molecule has 0 bridgehead atoms. The highest BCUT2D eigenvalue weighted by molar-refractivity contribution is 5.99. The molecule has 0 radical (unpaired) electrons. The van der Waals surface area contributed by atoms with E-state index >= 15 is 0 Å². The van der Waals surface area contributed by atoms with Crippen molar-refractivity contribution in [1.82, 2.24) is 10.6 Å². The van der Waals surface area contributed by atoms with Crippen LogP contribution in [0.3, 0.4) is 0 Å². The van der Waals surface area contributed by atoms with Crippen LogP contribution >= 0.6 is 0 Å². The smallest absolute Gasteiger partial charge is 0.335 e. The number of carbonyl (C=O) groups excluding carboxylic acids is 2. The predicted octanol–water partition coefficient (Wildman–Crippen LogP) is 0.393. The van der Waals surface area contributed by atoms with Crippen molar-refractivity contribution in [3.05, 3.63) is 35.4 Å². The van der Waals surface area contributed by atoms with Crippen LogP contribution in [0.15, 0.2) is 24.3 Å². The molecule has 1 aromatic rings. The van der Waals surface area contributed by atoms with E-state index in [0.717, 1.165) is 6.42 Å². The largest absolute Gasteiger partial charge is 0.478 e. The van der Waals surface area contributed by atoms with Crippen molar-refractivity contribution in [3.63, 3.8) is 0 Å². The van der Waals surface area contributed by atoms with E-state index in [1.54, 1.807) is 0 Å². The number of hydrogen-bond donors (Lipinski definition) is 3. The zero-order valence-electron chi connectivity index (χ0n) is 10.2. The summed E-state index contributed by atoms with van der Waals surface area (Å²) in [4.78, 5) is 34.3. The zero-order valence-corrected chi connectivity index (χ0v) is 10.2. The molecule has 1 aliphatic rings. The highest BCUT2D eigenvalue weighted by Crippen LogP contribution is 2.08. The van der Waals surface area contributed by atoms with Crippen LogP contribution < -0.4 is 10.6 Å². The summed E-state index contributed by atoms with van der Waals surface area (Å²) >= 11 is 0. The third-order valence-electron chi connectivity index (χ3n) is 2.96. The summed E-state index contributed by atoms with van der Waals surface area (Å²) in [7, 11) is 0. The number of piperidine rings is 1. The Labute approximate surface area is 109 Å². The lowest BCUT2D eigenvalue weighted by molar-refractivity contribution is -0.124. The maximum Gasteiger partial charge on any atom is 0.335 e. The van der Waals surface area contributed by atoms with Gasteiger partial charge in [0.05, 0.1) is 5.56 Å². The highest BCUT2D eigenvalue weighted by Gasteiger charge is 2.24. The fourth-order valence-electron chi connectivity index (χ4n) is 1.94. The topological polar surface area (TPSA) is 95.5 Å². The molecule has 0 saturated carbocycles. The normalized spacial score (nSPS) is 18.5. The van der Waals surface area contributed by atoms with E-state index in [2.05, 4.69) is 10.6 Å². The van der Waals surface area contributed by atoms with Crippen LogP contribution in [-0.4, -0.2) is 35.5 Å². The molecule has 0 unspecified atom stereocenters. The first kappa shape index (κ1) is 13.1. The molecule has 2 rings (SSSR count). The lowest BCUT2D eigenvalue weighted by atomic mass is 10.1. The molecule has 1 fully saturated rings. The summed E-state index contributed by atoms with van der Waals surface area (Å²) in [5.74, 6) is -1.73. The van der Waals surface area contributed by atoms with E-state index in [1.165, 1.54) is 24.3 Å². The van der Waals surface area contributed by atoms with E-state index in [9.17, 15) is 14.4 Å². The van der Waals surface area contributed by atoms with Gasteiger partial charge in [-0.05, 0) is 31.0 Å². The maximum atomic E-state index is 11.9. The number of carboxylic acid groups (broad SMARTS) is 1. The third-order valence-corrected chi connectivity index (χ3v) is 2.96. The lowest BCUT2D eigenvalue weighted by Gasteiger charge is -2.22. The van der Waals surface area contributed by atoms with Gasteiger partial charge in [-0.25, -0.2) is 4.79 Å². The summed E-state index contributed by atoms with van der Waals surface area (Å²) in [6.45, 7) is 0.625. The number of carboxylic acids is 1. The van der Waals surface area contributed by atoms with Gasteiger partial charge in [0.25, 0.3) is 5.91 Å². The zero-order chi connectivity index (χ0) is 13.8.